The monoisotopic (exact) mass is 375 g/mol. The molecule has 0 aliphatic carbocycles. The molecule has 142 valence electrons. The maximum atomic E-state index is 12.9. The molecule has 2 aromatic carbocycles. The molecule has 1 N–H and O–H groups in total. The summed E-state index contributed by atoms with van der Waals surface area (Å²) in [6.45, 7) is 0.561. The van der Waals surface area contributed by atoms with Gasteiger partial charge in [-0.3, -0.25) is 9.59 Å². The van der Waals surface area contributed by atoms with Crippen LogP contribution >= 0.6 is 0 Å². The lowest BCUT2D eigenvalue weighted by Gasteiger charge is -2.25. The molecule has 1 atom stereocenters. The first-order chi connectivity index (χ1) is 13.6. The molecule has 0 radical (unpaired) electrons. The number of phenolic OH excluding ortho intramolecular Hbond substituents is 1. The van der Waals surface area contributed by atoms with Gasteiger partial charge in [0.2, 0.25) is 5.91 Å². The largest absolute Gasteiger partial charge is 0.508 e. The molecule has 0 spiro atoms. The number of benzene rings is 2. The van der Waals surface area contributed by atoms with Crippen molar-refractivity contribution in [3.63, 3.8) is 0 Å². The molecule has 0 saturated carbocycles. The van der Waals surface area contributed by atoms with Crippen molar-refractivity contribution in [2.45, 2.75) is 25.4 Å². The average Bonchev–Trinajstić information content (AvgIpc) is 3.21. The zero-order chi connectivity index (χ0) is 19.5. The van der Waals surface area contributed by atoms with Gasteiger partial charge < -0.3 is 10.0 Å². The Kier molecular flexibility index (Phi) is 4.93. The molecule has 1 aliphatic rings. The predicted molar refractivity (Wildman–Crippen MR) is 106 cm³/mol. The summed E-state index contributed by atoms with van der Waals surface area (Å²) in [7, 11) is 0. The molecule has 2 heterocycles. The second-order valence-electron chi connectivity index (χ2n) is 6.92. The van der Waals surface area contributed by atoms with Crippen LogP contribution in [-0.2, 0) is 11.3 Å². The van der Waals surface area contributed by atoms with Crippen LogP contribution in [0.1, 0.15) is 24.4 Å². The Morgan fingerprint density at radius 2 is 1.79 bits per heavy atom. The van der Waals surface area contributed by atoms with E-state index in [-0.39, 0.29) is 29.8 Å². The van der Waals surface area contributed by atoms with Crippen molar-refractivity contribution in [2.75, 3.05) is 6.54 Å². The van der Waals surface area contributed by atoms with Crippen molar-refractivity contribution < 1.29 is 9.90 Å². The first-order valence-corrected chi connectivity index (χ1v) is 9.34. The number of phenols is 1. The molecule has 4 rings (SSSR count). The maximum Gasteiger partial charge on any atom is 0.267 e. The fourth-order valence-electron chi connectivity index (χ4n) is 3.65. The van der Waals surface area contributed by atoms with E-state index in [4.69, 9.17) is 0 Å². The van der Waals surface area contributed by atoms with E-state index in [9.17, 15) is 14.7 Å². The minimum atomic E-state index is -0.298. The van der Waals surface area contributed by atoms with Crippen LogP contribution in [0.25, 0.3) is 11.3 Å². The SMILES string of the molecule is O=C(Cn1nc(-c2ccccc2)ccc1=O)N1CCCC1c1ccc(O)cc1. The van der Waals surface area contributed by atoms with Crippen molar-refractivity contribution in [2.24, 2.45) is 0 Å². The minimum Gasteiger partial charge on any atom is -0.508 e. The number of hydrogen-bond donors (Lipinski definition) is 1. The first kappa shape index (κ1) is 18.0. The number of aromatic hydroxyl groups is 1. The molecule has 1 fully saturated rings. The Morgan fingerprint density at radius 3 is 2.54 bits per heavy atom. The predicted octanol–water partition coefficient (Wildman–Crippen LogP) is 2.98. The lowest BCUT2D eigenvalue weighted by molar-refractivity contribution is -0.133. The summed E-state index contributed by atoms with van der Waals surface area (Å²) in [6.07, 6.45) is 1.77. The zero-order valence-electron chi connectivity index (χ0n) is 15.4. The highest BCUT2D eigenvalue weighted by Crippen LogP contribution is 2.32. The van der Waals surface area contributed by atoms with Crippen molar-refractivity contribution in [1.82, 2.24) is 14.7 Å². The fraction of sp³-hybridized carbons (Fsp3) is 0.227. The van der Waals surface area contributed by atoms with Crippen LogP contribution in [0.15, 0.2) is 71.5 Å². The van der Waals surface area contributed by atoms with Gasteiger partial charge in [0.15, 0.2) is 0 Å². The molecular weight excluding hydrogens is 354 g/mol. The number of hydrogen-bond acceptors (Lipinski definition) is 4. The molecule has 1 amide bonds. The second-order valence-corrected chi connectivity index (χ2v) is 6.92. The van der Waals surface area contributed by atoms with E-state index < -0.39 is 0 Å². The smallest absolute Gasteiger partial charge is 0.267 e. The van der Waals surface area contributed by atoms with E-state index in [2.05, 4.69) is 5.10 Å². The van der Waals surface area contributed by atoms with Gasteiger partial charge in [0.1, 0.15) is 12.3 Å². The Morgan fingerprint density at radius 1 is 1.04 bits per heavy atom. The van der Waals surface area contributed by atoms with Gasteiger partial charge in [-0.25, -0.2) is 4.68 Å². The molecule has 28 heavy (non-hydrogen) atoms. The molecule has 1 unspecified atom stereocenters. The lowest BCUT2D eigenvalue weighted by atomic mass is 10.0. The van der Waals surface area contributed by atoms with Crippen LogP contribution < -0.4 is 5.56 Å². The van der Waals surface area contributed by atoms with Crippen LogP contribution in [0.5, 0.6) is 5.75 Å². The summed E-state index contributed by atoms with van der Waals surface area (Å²) >= 11 is 0. The summed E-state index contributed by atoms with van der Waals surface area (Å²) in [5, 5.41) is 13.9. The summed E-state index contributed by atoms with van der Waals surface area (Å²) in [6, 6.07) is 19.6. The molecule has 1 aromatic heterocycles. The number of carbonyl (C=O) groups excluding carboxylic acids is 1. The quantitative estimate of drug-likeness (QED) is 0.761. The molecular formula is C22H21N3O3. The van der Waals surface area contributed by atoms with Gasteiger partial charge in [0.25, 0.3) is 5.56 Å². The highest BCUT2D eigenvalue weighted by molar-refractivity contribution is 5.77. The van der Waals surface area contributed by atoms with E-state index >= 15 is 0 Å². The summed E-state index contributed by atoms with van der Waals surface area (Å²) in [5.41, 5.74) is 2.24. The van der Waals surface area contributed by atoms with E-state index in [1.165, 1.54) is 10.7 Å². The van der Waals surface area contributed by atoms with Crippen molar-refractivity contribution in [3.8, 4) is 17.0 Å². The Labute approximate surface area is 162 Å². The van der Waals surface area contributed by atoms with Gasteiger partial charge in [0.05, 0.1) is 11.7 Å². The van der Waals surface area contributed by atoms with Gasteiger partial charge in [-0.05, 0) is 36.6 Å². The summed E-state index contributed by atoms with van der Waals surface area (Å²) in [5.74, 6) is 0.0727. The van der Waals surface area contributed by atoms with E-state index in [1.807, 2.05) is 42.5 Å². The zero-order valence-corrected chi connectivity index (χ0v) is 15.4. The van der Waals surface area contributed by atoms with E-state index in [0.717, 1.165) is 24.0 Å². The van der Waals surface area contributed by atoms with E-state index in [1.54, 1.807) is 23.1 Å². The molecule has 3 aromatic rings. The lowest BCUT2D eigenvalue weighted by Crippen LogP contribution is -2.37. The van der Waals surface area contributed by atoms with Gasteiger partial charge in [-0.15, -0.1) is 0 Å². The first-order valence-electron chi connectivity index (χ1n) is 9.34. The third-order valence-electron chi connectivity index (χ3n) is 5.07. The fourth-order valence-corrected chi connectivity index (χ4v) is 3.65. The minimum absolute atomic E-state index is 0.0406. The van der Waals surface area contributed by atoms with Crippen molar-refractivity contribution in [1.29, 1.82) is 0 Å². The summed E-state index contributed by atoms with van der Waals surface area (Å²) in [4.78, 5) is 27.0. The highest BCUT2D eigenvalue weighted by Gasteiger charge is 2.30. The molecule has 6 nitrogen and oxygen atoms in total. The van der Waals surface area contributed by atoms with Crippen molar-refractivity contribution >= 4 is 5.91 Å². The van der Waals surface area contributed by atoms with Gasteiger partial charge in [-0.1, -0.05) is 42.5 Å². The second kappa shape index (κ2) is 7.68. The van der Waals surface area contributed by atoms with E-state index in [0.29, 0.717) is 12.2 Å². The number of carbonyl (C=O) groups is 1. The van der Waals surface area contributed by atoms with Gasteiger partial charge >= 0.3 is 0 Å². The van der Waals surface area contributed by atoms with Gasteiger partial charge in [-0.2, -0.15) is 5.10 Å². The number of nitrogens with zero attached hydrogens (tertiary/aromatic N) is 3. The number of amides is 1. The van der Waals surface area contributed by atoms with Gasteiger partial charge in [0, 0.05) is 18.2 Å². The van der Waals surface area contributed by atoms with Crippen LogP contribution in [0.2, 0.25) is 0 Å². The Bertz CT molecular complexity index is 1030. The Balaban J connectivity index is 1.56. The standard InChI is InChI=1S/C22H21N3O3/c26-18-10-8-17(9-11-18)20-7-4-14-24(20)22(28)15-25-21(27)13-12-19(23-25)16-5-2-1-3-6-16/h1-3,5-6,8-13,20,26H,4,7,14-15H2. The highest BCUT2D eigenvalue weighted by atomic mass is 16.3. The van der Waals surface area contributed by atoms with Crippen LogP contribution in [0.4, 0.5) is 0 Å². The third kappa shape index (κ3) is 3.67. The summed E-state index contributed by atoms with van der Waals surface area (Å²) < 4.78 is 1.23. The molecule has 0 bridgehead atoms. The average molecular weight is 375 g/mol. The van der Waals surface area contributed by atoms with Crippen LogP contribution in [0.3, 0.4) is 0 Å². The maximum absolute atomic E-state index is 12.9. The molecule has 6 heteroatoms. The number of likely N-dealkylation sites (tertiary alicyclic amines) is 1. The molecule has 1 saturated heterocycles. The topological polar surface area (TPSA) is 75.4 Å². The Hall–Kier alpha value is -3.41. The molecule has 1 aliphatic heterocycles. The van der Waals surface area contributed by atoms with Crippen molar-refractivity contribution in [3.05, 3.63) is 82.6 Å². The normalized spacial score (nSPS) is 16.3. The third-order valence-corrected chi connectivity index (χ3v) is 5.07. The van der Waals surface area contributed by atoms with Crippen LogP contribution in [0, 0.1) is 0 Å². The number of aromatic nitrogens is 2. The number of rotatable bonds is 4. The van der Waals surface area contributed by atoms with Crippen LogP contribution in [-0.4, -0.2) is 32.2 Å².